The number of nitrogens with one attached hydrogen (secondary N) is 1. The van der Waals surface area contributed by atoms with E-state index in [1.54, 1.807) is 12.0 Å². The molecule has 3 unspecified atom stereocenters. The van der Waals surface area contributed by atoms with Gasteiger partial charge in [-0.3, -0.25) is 0 Å². The molecule has 2 bridgehead atoms. The van der Waals surface area contributed by atoms with Crippen LogP contribution in [0.2, 0.25) is 0 Å². The Kier molecular flexibility index (Phi) is 5.29. The van der Waals surface area contributed by atoms with Gasteiger partial charge in [-0.2, -0.15) is 0 Å². The average Bonchev–Trinajstić information content (AvgIpc) is 2.90. The summed E-state index contributed by atoms with van der Waals surface area (Å²) in [6.07, 6.45) is 11.2. The summed E-state index contributed by atoms with van der Waals surface area (Å²) in [5.41, 5.74) is 1.64. The molecule has 0 radical (unpaired) electrons. The minimum absolute atomic E-state index is 0.768. The molecule has 0 aromatic rings. The molecule has 2 rings (SSSR count). The van der Waals surface area contributed by atoms with Crippen LogP contribution < -0.4 is 5.32 Å². The van der Waals surface area contributed by atoms with E-state index in [-0.39, 0.29) is 0 Å². The van der Waals surface area contributed by atoms with Crippen LogP contribution in [0.5, 0.6) is 0 Å². The van der Waals surface area contributed by atoms with Crippen LogP contribution in [-0.2, 0) is 0 Å². The Hall–Kier alpha value is -0.300. The van der Waals surface area contributed by atoms with E-state index in [1.807, 2.05) is 0 Å². The lowest BCUT2D eigenvalue weighted by molar-refractivity contribution is 0.330. The van der Waals surface area contributed by atoms with Gasteiger partial charge < -0.3 is 5.32 Å². The zero-order valence-electron chi connectivity index (χ0n) is 12.5. The standard InChI is InChI=1S/C17H31N/c1-13(2)12-18-8-4-5-14(3)9-17-11-15-6-7-16(17)10-15/h5,13,15-18H,4,6-12H2,1-3H3. The maximum atomic E-state index is 3.52. The van der Waals surface area contributed by atoms with Crippen LogP contribution in [0, 0.1) is 23.7 Å². The van der Waals surface area contributed by atoms with Gasteiger partial charge in [-0.05, 0) is 75.8 Å². The molecule has 104 valence electrons. The molecule has 2 fully saturated rings. The van der Waals surface area contributed by atoms with E-state index in [2.05, 4.69) is 32.2 Å². The Bertz CT molecular complexity index is 279. The Morgan fingerprint density at radius 1 is 1.28 bits per heavy atom. The van der Waals surface area contributed by atoms with Gasteiger partial charge in [0.15, 0.2) is 0 Å². The quantitative estimate of drug-likeness (QED) is 0.521. The lowest BCUT2D eigenvalue weighted by Crippen LogP contribution is -2.20. The van der Waals surface area contributed by atoms with Crippen molar-refractivity contribution in [1.29, 1.82) is 0 Å². The summed E-state index contributed by atoms with van der Waals surface area (Å²) in [5, 5.41) is 3.52. The molecular formula is C17H31N. The molecule has 0 spiro atoms. The molecule has 0 aliphatic heterocycles. The van der Waals surface area contributed by atoms with Gasteiger partial charge in [0, 0.05) is 0 Å². The molecule has 2 aliphatic carbocycles. The largest absolute Gasteiger partial charge is 0.316 e. The van der Waals surface area contributed by atoms with E-state index < -0.39 is 0 Å². The topological polar surface area (TPSA) is 12.0 Å². The van der Waals surface area contributed by atoms with Crippen LogP contribution in [0.25, 0.3) is 0 Å². The van der Waals surface area contributed by atoms with Gasteiger partial charge in [0.1, 0.15) is 0 Å². The average molecular weight is 249 g/mol. The number of hydrogen-bond acceptors (Lipinski definition) is 1. The highest BCUT2D eigenvalue weighted by molar-refractivity contribution is 5.03. The maximum Gasteiger partial charge on any atom is -0.00141 e. The highest BCUT2D eigenvalue weighted by Crippen LogP contribution is 2.50. The van der Waals surface area contributed by atoms with Crippen molar-refractivity contribution in [1.82, 2.24) is 5.32 Å². The molecule has 0 amide bonds. The van der Waals surface area contributed by atoms with Crippen LogP contribution in [0.15, 0.2) is 11.6 Å². The van der Waals surface area contributed by atoms with E-state index >= 15 is 0 Å². The Morgan fingerprint density at radius 2 is 2.11 bits per heavy atom. The molecule has 1 N–H and O–H groups in total. The first-order chi connectivity index (χ1) is 8.65. The fourth-order valence-corrected chi connectivity index (χ4v) is 3.93. The number of fused-ring (bicyclic) bond motifs is 2. The summed E-state index contributed by atoms with van der Waals surface area (Å²) < 4.78 is 0. The maximum absolute atomic E-state index is 3.52. The predicted octanol–water partition coefficient (Wildman–Crippen LogP) is 4.39. The number of allylic oxidation sites excluding steroid dienone is 1. The number of rotatable bonds is 7. The van der Waals surface area contributed by atoms with Crippen molar-refractivity contribution in [2.45, 2.75) is 59.3 Å². The molecule has 0 saturated heterocycles. The second-order valence-electron chi connectivity index (χ2n) is 7.08. The fourth-order valence-electron chi connectivity index (χ4n) is 3.93. The Balaban J connectivity index is 1.60. The highest BCUT2D eigenvalue weighted by Gasteiger charge is 2.38. The van der Waals surface area contributed by atoms with Crippen LogP contribution in [0.1, 0.15) is 59.3 Å². The Morgan fingerprint density at radius 3 is 2.72 bits per heavy atom. The first kappa shape index (κ1) is 14.1. The van der Waals surface area contributed by atoms with E-state index in [1.165, 1.54) is 32.1 Å². The third-order valence-electron chi connectivity index (χ3n) is 4.84. The van der Waals surface area contributed by atoms with Crippen LogP contribution >= 0.6 is 0 Å². The van der Waals surface area contributed by atoms with Gasteiger partial charge in [0.25, 0.3) is 0 Å². The van der Waals surface area contributed by atoms with Crippen molar-refractivity contribution < 1.29 is 0 Å². The monoisotopic (exact) mass is 249 g/mol. The van der Waals surface area contributed by atoms with E-state index in [0.29, 0.717) is 0 Å². The van der Waals surface area contributed by atoms with Crippen molar-refractivity contribution in [3.8, 4) is 0 Å². The van der Waals surface area contributed by atoms with E-state index in [9.17, 15) is 0 Å². The minimum Gasteiger partial charge on any atom is -0.316 e. The lowest BCUT2D eigenvalue weighted by atomic mass is 9.84. The lowest BCUT2D eigenvalue weighted by Gasteiger charge is -2.21. The second-order valence-corrected chi connectivity index (χ2v) is 7.08. The molecule has 1 nitrogen and oxygen atoms in total. The van der Waals surface area contributed by atoms with Gasteiger partial charge >= 0.3 is 0 Å². The summed E-state index contributed by atoms with van der Waals surface area (Å²) >= 11 is 0. The van der Waals surface area contributed by atoms with Gasteiger partial charge in [0.05, 0.1) is 0 Å². The van der Waals surface area contributed by atoms with E-state index in [4.69, 9.17) is 0 Å². The van der Waals surface area contributed by atoms with Gasteiger partial charge in [-0.1, -0.05) is 31.9 Å². The summed E-state index contributed by atoms with van der Waals surface area (Å²) in [4.78, 5) is 0. The molecule has 0 aromatic carbocycles. The molecule has 18 heavy (non-hydrogen) atoms. The van der Waals surface area contributed by atoms with Gasteiger partial charge in [0.2, 0.25) is 0 Å². The third-order valence-corrected chi connectivity index (χ3v) is 4.84. The molecular weight excluding hydrogens is 218 g/mol. The van der Waals surface area contributed by atoms with E-state index in [0.717, 1.165) is 36.8 Å². The summed E-state index contributed by atoms with van der Waals surface area (Å²) in [7, 11) is 0. The first-order valence-corrected chi connectivity index (χ1v) is 8.01. The minimum atomic E-state index is 0.768. The van der Waals surface area contributed by atoms with Crippen molar-refractivity contribution >= 4 is 0 Å². The summed E-state index contributed by atoms with van der Waals surface area (Å²) in [6, 6.07) is 0. The van der Waals surface area contributed by atoms with Crippen LogP contribution in [0.4, 0.5) is 0 Å². The molecule has 2 saturated carbocycles. The first-order valence-electron chi connectivity index (χ1n) is 8.01. The van der Waals surface area contributed by atoms with Crippen molar-refractivity contribution in [2.75, 3.05) is 13.1 Å². The van der Waals surface area contributed by atoms with Crippen molar-refractivity contribution in [3.05, 3.63) is 11.6 Å². The Labute approximate surface area is 113 Å². The third kappa shape index (κ3) is 4.12. The van der Waals surface area contributed by atoms with Crippen LogP contribution in [0.3, 0.4) is 0 Å². The van der Waals surface area contributed by atoms with Crippen molar-refractivity contribution in [3.63, 3.8) is 0 Å². The summed E-state index contributed by atoms with van der Waals surface area (Å²) in [5.74, 6) is 3.98. The zero-order valence-corrected chi connectivity index (χ0v) is 12.5. The molecule has 0 aromatic heterocycles. The zero-order chi connectivity index (χ0) is 13.0. The normalized spacial score (nSPS) is 31.6. The molecule has 2 aliphatic rings. The predicted molar refractivity (Wildman–Crippen MR) is 79.6 cm³/mol. The number of hydrogen-bond donors (Lipinski definition) is 1. The van der Waals surface area contributed by atoms with Gasteiger partial charge in [-0.25, -0.2) is 0 Å². The highest BCUT2D eigenvalue weighted by atomic mass is 14.8. The molecule has 1 heteroatoms. The summed E-state index contributed by atoms with van der Waals surface area (Å²) in [6.45, 7) is 9.17. The molecule has 3 atom stereocenters. The SMILES string of the molecule is CC(=CCCNCC(C)C)CC1CC2CCC1C2. The molecule has 0 heterocycles. The second kappa shape index (κ2) is 6.75. The van der Waals surface area contributed by atoms with Gasteiger partial charge in [-0.15, -0.1) is 0 Å². The smallest absolute Gasteiger partial charge is 0.00141 e. The van der Waals surface area contributed by atoms with Crippen molar-refractivity contribution in [2.24, 2.45) is 23.7 Å². The fraction of sp³-hybridized carbons (Fsp3) is 0.882. The van der Waals surface area contributed by atoms with Crippen LogP contribution in [-0.4, -0.2) is 13.1 Å².